The van der Waals surface area contributed by atoms with Gasteiger partial charge < -0.3 is 10.4 Å². The molecule has 0 aliphatic rings. The number of rotatable bonds is 9. The maximum Gasteiger partial charge on any atom is 0.308 e. The van der Waals surface area contributed by atoms with E-state index in [-0.39, 0.29) is 24.3 Å². The molecule has 0 radical (unpaired) electrons. The van der Waals surface area contributed by atoms with Gasteiger partial charge in [-0.2, -0.15) is 4.80 Å². The summed E-state index contributed by atoms with van der Waals surface area (Å²) in [6, 6.07) is 8.73. The zero-order valence-corrected chi connectivity index (χ0v) is 16.2. The summed E-state index contributed by atoms with van der Waals surface area (Å²) >= 11 is 0. The molecule has 0 spiro atoms. The van der Waals surface area contributed by atoms with Crippen molar-refractivity contribution in [3.05, 3.63) is 30.3 Å². The lowest BCUT2D eigenvalue weighted by molar-refractivity contribution is -0.142. The lowest BCUT2D eigenvalue weighted by Crippen LogP contribution is -2.40. The third-order valence-corrected chi connectivity index (χ3v) is 4.24. The van der Waals surface area contributed by atoms with Gasteiger partial charge in [-0.25, -0.2) is 0 Å². The zero-order valence-electron chi connectivity index (χ0n) is 16.2. The van der Waals surface area contributed by atoms with Crippen molar-refractivity contribution in [2.24, 2.45) is 17.8 Å². The van der Waals surface area contributed by atoms with Gasteiger partial charge in [0.1, 0.15) is 0 Å². The quantitative estimate of drug-likeness (QED) is 0.698. The predicted octanol–water partition coefficient (Wildman–Crippen LogP) is 2.40. The molecule has 2 N–H and O–H groups in total. The van der Waals surface area contributed by atoms with E-state index in [1.165, 1.54) is 4.80 Å². The molecule has 0 saturated heterocycles. The summed E-state index contributed by atoms with van der Waals surface area (Å²) < 4.78 is 0. The lowest BCUT2D eigenvalue weighted by atomic mass is 9.96. The van der Waals surface area contributed by atoms with E-state index in [1.54, 1.807) is 0 Å². The van der Waals surface area contributed by atoms with Crippen molar-refractivity contribution in [3.8, 4) is 11.4 Å². The Morgan fingerprint density at radius 3 is 2.37 bits per heavy atom. The molecule has 1 heterocycles. The number of carbonyl (C=O) groups is 2. The van der Waals surface area contributed by atoms with Crippen LogP contribution in [0.25, 0.3) is 11.4 Å². The first-order chi connectivity index (χ1) is 12.8. The molecule has 1 aromatic heterocycles. The normalized spacial score (nSPS) is 13.6. The number of carboxylic acids is 1. The summed E-state index contributed by atoms with van der Waals surface area (Å²) in [6.45, 7) is 7.77. The number of aromatic nitrogens is 4. The van der Waals surface area contributed by atoms with Gasteiger partial charge in [-0.1, -0.05) is 58.0 Å². The Labute approximate surface area is 159 Å². The van der Waals surface area contributed by atoms with Crippen LogP contribution in [0.4, 0.5) is 0 Å². The van der Waals surface area contributed by atoms with Gasteiger partial charge in [-0.15, -0.1) is 10.2 Å². The van der Waals surface area contributed by atoms with Crippen LogP contribution < -0.4 is 5.32 Å². The monoisotopic (exact) mass is 373 g/mol. The molecular weight excluding hydrogens is 346 g/mol. The van der Waals surface area contributed by atoms with Crippen molar-refractivity contribution in [1.82, 2.24) is 25.5 Å². The fourth-order valence-corrected chi connectivity index (χ4v) is 2.89. The van der Waals surface area contributed by atoms with Crippen molar-refractivity contribution >= 4 is 11.9 Å². The van der Waals surface area contributed by atoms with Crippen LogP contribution in [0.1, 0.15) is 40.2 Å². The number of nitrogens with one attached hydrogen (secondary N) is 1. The molecule has 1 amide bonds. The van der Waals surface area contributed by atoms with Gasteiger partial charge in [0.15, 0.2) is 6.04 Å². The fourth-order valence-electron chi connectivity index (χ4n) is 2.89. The van der Waals surface area contributed by atoms with Crippen molar-refractivity contribution in [1.29, 1.82) is 0 Å². The van der Waals surface area contributed by atoms with E-state index in [0.717, 1.165) is 5.56 Å². The molecule has 8 nitrogen and oxygen atoms in total. The Morgan fingerprint density at radius 2 is 1.81 bits per heavy atom. The van der Waals surface area contributed by atoms with Gasteiger partial charge in [0.05, 0.1) is 5.92 Å². The summed E-state index contributed by atoms with van der Waals surface area (Å²) in [5.74, 6) is -1.25. The Morgan fingerprint density at radius 1 is 1.15 bits per heavy atom. The average Bonchev–Trinajstić information content (AvgIpc) is 3.08. The fraction of sp³-hybridized carbons (Fsp3) is 0.526. The van der Waals surface area contributed by atoms with E-state index in [2.05, 4.69) is 20.7 Å². The maximum atomic E-state index is 12.7. The largest absolute Gasteiger partial charge is 0.481 e. The molecule has 2 rings (SSSR count). The zero-order chi connectivity index (χ0) is 20.0. The Bertz CT molecular complexity index is 758. The van der Waals surface area contributed by atoms with Gasteiger partial charge in [-0.05, 0) is 23.5 Å². The highest BCUT2D eigenvalue weighted by Crippen LogP contribution is 2.19. The van der Waals surface area contributed by atoms with E-state index in [9.17, 15) is 14.7 Å². The highest BCUT2D eigenvalue weighted by Gasteiger charge is 2.28. The van der Waals surface area contributed by atoms with Crippen LogP contribution in [-0.4, -0.2) is 43.7 Å². The number of tetrazole rings is 1. The number of carbonyl (C=O) groups excluding carboxylic acids is 1. The van der Waals surface area contributed by atoms with E-state index in [0.29, 0.717) is 12.2 Å². The molecule has 0 fully saturated rings. The molecule has 0 bridgehead atoms. The van der Waals surface area contributed by atoms with Crippen LogP contribution in [0.5, 0.6) is 0 Å². The lowest BCUT2D eigenvalue weighted by Gasteiger charge is -2.21. The summed E-state index contributed by atoms with van der Waals surface area (Å²) in [5.41, 5.74) is 0.814. The second-order valence-electron chi connectivity index (χ2n) is 7.40. The van der Waals surface area contributed by atoms with E-state index in [4.69, 9.17) is 0 Å². The second kappa shape index (κ2) is 9.25. The molecule has 2 aromatic rings. The smallest absolute Gasteiger partial charge is 0.308 e. The Kier molecular flexibility index (Phi) is 7.04. The number of hydrogen-bond donors (Lipinski definition) is 2. The third-order valence-electron chi connectivity index (χ3n) is 4.24. The van der Waals surface area contributed by atoms with Crippen LogP contribution >= 0.6 is 0 Å². The minimum absolute atomic E-state index is 0.0792. The first-order valence-electron chi connectivity index (χ1n) is 9.15. The van der Waals surface area contributed by atoms with Gasteiger partial charge >= 0.3 is 5.97 Å². The van der Waals surface area contributed by atoms with E-state index in [1.807, 2.05) is 58.0 Å². The summed E-state index contributed by atoms with van der Waals surface area (Å²) in [6.07, 6.45) is 0.502. The average molecular weight is 373 g/mol. The van der Waals surface area contributed by atoms with E-state index >= 15 is 0 Å². The number of benzene rings is 1. The topological polar surface area (TPSA) is 110 Å². The Balaban J connectivity index is 2.11. The number of nitrogens with zero attached hydrogens (tertiary/aromatic N) is 4. The van der Waals surface area contributed by atoms with Gasteiger partial charge in [0.25, 0.3) is 0 Å². The molecule has 146 valence electrons. The molecule has 0 saturated carbocycles. The second-order valence-corrected chi connectivity index (χ2v) is 7.40. The first-order valence-corrected chi connectivity index (χ1v) is 9.15. The van der Waals surface area contributed by atoms with Crippen molar-refractivity contribution < 1.29 is 14.7 Å². The van der Waals surface area contributed by atoms with Crippen LogP contribution in [0.15, 0.2) is 30.3 Å². The molecule has 8 heteroatoms. The SMILES string of the molecule is CC(C)CC(CNC(=O)C(C(C)C)n1nnc(-c2ccccc2)n1)C(=O)O. The Hall–Kier alpha value is -2.77. The van der Waals surface area contributed by atoms with Crippen LogP contribution in [0.2, 0.25) is 0 Å². The molecule has 2 unspecified atom stereocenters. The molecule has 27 heavy (non-hydrogen) atoms. The predicted molar refractivity (Wildman–Crippen MR) is 101 cm³/mol. The first kappa shape index (κ1) is 20.5. The highest BCUT2D eigenvalue weighted by molar-refractivity contribution is 5.81. The summed E-state index contributed by atoms with van der Waals surface area (Å²) in [4.78, 5) is 25.4. The molecule has 1 aromatic carbocycles. The van der Waals surface area contributed by atoms with Gasteiger partial charge in [-0.3, -0.25) is 9.59 Å². The molecule has 0 aliphatic heterocycles. The number of carboxylic acid groups (broad SMARTS) is 1. The maximum absolute atomic E-state index is 12.7. The van der Waals surface area contributed by atoms with Crippen LogP contribution in [0.3, 0.4) is 0 Å². The molecule has 0 aliphatic carbocycles. The minimum Gasteiger partial charge on any atom is -0.481 e. The molecular formula is C19H27N5O3. The third kappa shape index (κ3) is 5.60. The number of amides is 1. The van der Waals surface area contributed by atoms with Crippen LogP contribution in [0, 0.1) is 17.8 Å². The standard InChI is InChI=1S/C19H27N5O3/c1-12(2)10-15(19(26)27)11-20-18(25)16(13(3)4)24-22-17(21-23-24)14-8-6-5-7-9-14/h5-9,12-13,15-16H,10-11H2,1-4H3,(H,20,25)(H,26,27). The number of hydrogen-bond acceptors (Lipinski definition) is 5. The minimum atomic E-state index is -0.907. The van der Waals surface area contributed by atoms with Crippen molar-refractivity contribution in [2.45, 2.75) is 40.2 Å². The summed E-state index contributed by atoms with van der Waals surface area (Å²) in [5, 5.41) is 24.5. The van der Waals surface area contributed by atoms with Crippen LogP contribution in [-0.2, 0) is 9.59 Å². The summed E-state index contributed by atoms with van der Waals surface area (Å²) in [7, 11) is 0. The van der Waals surface area contributed by atoms with E-state index < -0.39 is 17.9 Å². The van der Waals surface area contributed by atoms with Gasteiger partial charge in [0.2, 0.25) is 11.7 Å². The van der Waals surface area contributed by atoms with Gasteiger partial charge in [0, 0.05) is 12.1 Å². The highest BCUT2D eigenvalue weighted by atomic mass is 16.4. The molecule has 2 atom stereocenters. The van der Waals surface area contributed by atoms with Crippen molar-refractivity contribution in [2.75, 3.05) is 6.54 Å². The number of aliphatic carboxylic acids is 1. The van der Waals surface area contributed by atoms with Crippen molar-refractivity contribution in [3.63, 3.8) is 0 Å².